The van der Waals surface area contributed by atoms with E-state index in [9.17, 15) is 4.79 Å². The summed E-state index contributed by atoms with van der Waals surface area (Å²) in [5, 5.41) is 6.51. The SMILES string of the molecule is CN(CC(=O)Cc1ccn(C)n1)c1nc(-c2cc3ccccc3cn2)nc2c1CCC2. The highest BCUT2D eigenvalue weighted by atomic mass is 16.1. The number of likely N-dealkylation sites (N-methyl/N-ethyl adjacent to an activating group) is 1. The van der Waals surface area contributed by atoms with Gasteiger partial charge in [-0.3, -0.25) is 14.5 Å². The van der Waals surface area contributed by atoms with E-state index in [4.69, 9.17) is 9.97 Å². The second-order valence-electron chi connectivity index (χ2n) is 8.12. The van der Waals surface area contributed by atoms with Crippen LogP contribution >= 0.6 is 0 Å². The fourth-order valence-corrected chi connectivity index (χ4v) is 4.20. The zero-order valence-corrected chi connectivity index (χ0v) is 17.7. The molecule has 5 rings (SSSR count). The zero-order chi connectivity index (χ0) is 21.4. The first kappa shape index (κ1) is 19.4. The minimum absolute atomic E-state index is 0.108. The Labute approximate surface area is 180 Å². The number of carbonyl (C=O) groups is 1. The van der Waals surface area contributed by atoms with Crippen LogP contribution in [0.25, 0.3) is 22.3 Å². The van der Waals surface area contributed by atoms with Crippen LogP contribution in [0.4, 0.5) is 5.82 Å². The van der Waals surface area contributed by atoms with Crippen molar-refractivity contribution < 1.29 is 4.79 Å². The van der Waals surface area contributed by atoms with Crippen molar-refractivity contribution in [2.24, 2.45) is 7.05 Å². The third-order valence-electron chi connectivity index (χ3n) is 5.69. The summed E-state index contributed by atoms with van der Waals surface area (Å²) in [5.74, 6) is 1.56. The molecule has 1 aromatic carbocycles. The maximum absolute atomic E-state index is 12.7. The highest BCUT2D eigenvalue weighted by Gasteiger charge is 2.23. The van der Waals surface area contributed by atoms with Crippen LogP contribution in [-0.4, -0.2) is 44.1 Å². The quantitative estimate of drug-likeness (QED) is 0.484. The zero-order valence-electron chi connectivity index (χ0n) is 17.7. The Morgan fingerprint density at radius 1 is 1.13 bits per heavy atom. The molecule has 0 spiro atoms. The first-order valence-electron chi connectivity index (χ1n) is 10.5. The van der Waals surface area contributed by atoms with Gasteiger partial charge < -0.3 is 4.90 Å². The van der Waals surface area contributed by atoms with E-state index in [2.05, 4.69) is 16.1 Å². The summed E-state index contributed by atoms with van der Waals surface area (Å²) in [4.78, 5) is 28.9. The molecule has 0 bridgehead atoms. The number of aromatic nitrogens is 5. The van der Waals surface area contributed by atoms with Crippen LogP contribution in [-0.2, 0) is 31.1 Å². The number of fused-ring (bicyclic) bond motifs is 2. The Morgan fingerprint density at radius 3 is 2.77 bits per heavy atom. The van der Waals surface area contributed by atoms with Gasteiger partial charge in [0.15, 0.2) is 11.6 Å². The minimum atomic E-state index is 0.108. The third kappa shape index (κ3) is 3.91. The molecule has 0 radical (unpaired) electrons. The van der Waals surface area contributed by atoms with Gasteiger partial charge in [0.1, 0.15) is 11.5 Å². The van der Waals surface area contributed by atoms with Crippen molar-refractivity contribution in [1.29, 1.82) is 0 Å². The molecule has 0 saturated carbocycles. The van der Waals surface area contributed by atoms with Crippen LogP contribution in [0.2, 0.25) is 0 Å². The van der Waals surface area contributed by atoms with Gasteiger partial charge in [-0.05, 0) is 36.8 Å². The van der Waals surface area contributed by atoms with Crippen LogP contribution in [0.1, 0.15) is 23.4 Å². The standard InChI is InChI=1S/C24H24N6O/c1-29(15-19(31)13-18-10-11-30(2)28-18)24-20-8-5-9-21(20)26-23(27-24)22-12-16-6-3-4-7-17(16)14-25-22/h3-4,6-7,10-12,14H,5,8-9,13,15H2,1-2H3. The van der Waals surface area contributed by atoms with Crippen molar-refractivity contribution >= 4 is 22.4 Å². The third-order valence-corrected chi connectivity index (χ3v) is 5.69. The lowest BCUT2D eigenvalue weighted by atomic mass is 10.1. The summed E-state index contributed by atoms with van der Waals surface area (Å²) in [6.45, 7) is 0.282. The Kier molecular flexibility index (Phi) is 4.94. The maximum atomic E-state index is 12.7. The van der Waals surface area contributed by atoms with Crippen molar-refractivity contribution in [2.45, 2.75) is 25.7 Å². The molecule has 1 aliphatic carbocycles. The summed E-state index contributed by atoms with van der Waals surface area (Å²) < 4.78 is 1.71. The summed E-state index contributed by atoms with van der Waals surface area (Å²) in [5.41, 5.74) is 3.76. The van der Waals surface area contributed by atoms with Crippen molar-refractivity contribution in [3.8, 4) is 11.5 Å². The molecule has 0 saturated heterocycles. The largest absolute Gasteiger partial charge is 0.352 e. The van der Waals surface area contributed by atoms with Gasteiger partial charge in [-0.15, -0.1) is 0 Å². The molecule has 4 aromatic rings. The second kappa shape index (κ2) is 7.91. The molecular formula is C24H24N6O. The number of benzene rings is 1. The maximum Gasteiger partial charge on any atom is 0.180 e. The summed E-state index contributed by atoms with van der Waals surface area (Å²) >= 11 is 0. The molecule has 1 aliphatic rings. The number of rotatable bonds is 6. The van der Waals surface area contributed by atoms with Crippen LogP contribution in [0.3, 0.4) is 0 Å². The van der Waals surface area contributed by atoms with E-state index < -0.39 is 0 Å². The molecule has 31 heavy (non-hydrogen) atoms. The van der Waals surface area contributed by atoms with Gasteiger partial charge in [0.05, 0.1) is 18.7 Å². The van der Waals surface area contributed by atoms with E-state index in [0.717, 1.165) is 58.5 Å². The molecule has 3 aromatic heterocycles. The number of Topliss-reactive ketones (excluding diaryl/α,β-unsaturated/α-hetero) is 1. The van der Waals surface area contributed by atoms with Crippen molar-refractivity contribution in [1.82, 2.24) is 24.7 Å². The lowest BCUT2D eigenvalue weighted by Gasteiger charge is -2.21. The van der Waals surface area contributed by atoms with Crippen molar-refractivity contribution in [2.75, 3.05) is 18.5 Å². The first-order valence-corrected chi connectivity index (χ1v) is 10.5. The van der Waals surface area contributed by atoms with E-state index >= 15 is 0 Å². The minimum Gasteiger partial charge on any atom is -0.352 e. The Balaban J connectivity index is 1.45. The lowest BCUT2D eigenvalue weighted by molar-refractivity contribution is -0.117. The number of aryl methyl sites for hydroxylation is 2. The Hall–Kier alpha value is -3.61. The lowest BCUT2D eigenvalue weighted by Crippen LogP contribution is -2.29. The van der Waals surface area contributed by atoms with Crippen molar-refractivity contribution in [3.05, 3.63) is 65.7 Å². The average Bonchev–Trinajstić information content (AvgIpc) is 3.41. The van der Waals surface area contributed by atoms with Crippen molar-refractivity contribution in [3.63, 3.8) is 0 Å². The smallest absolute Gasteiger partial charge is 0.180 e. The summed E-state index contributed by atoms with van der Waals surface area (Å²) in [6.07, 6.45) is 6.96. The number of pyridine rings is 1. The molecule has 7 heteroatoms. The molecule has 0 unspecified atom stereocenters. The predicted molar refractivity (Wildman–Crippen MR) is 120 cm³/mol. The number of nitrogens with zero attached hydrogens (tertiary/aromatic N) is 6. The van der Waals surface area contributed by atoms with Gasteiger partial charge in [0, 0.05) is 43.1 Å². The molecule has 0 N–H and O–H groups in total. The molecule has 7 nitrogen and oxygen atoms in total. The van der Waals surface area contributed by atoms with Gasteiger partial charge in [-0.2, -0.15) is 5.10 Å². The van der Waals surface area contributed by atoms with E-state index in [1.807, 2.05) is 61.7 Å². The monoisotopic (exact) mass is 412 g/mol. The molecular weight excluding hydrogens is 388 g/mol. The molecule has 0 fully saturated rings. The van der Waals surface area contributed by atoms with Gasteiger partial charge in [0.2, 0.25) is 0 Å². The Morgan fingerprint density at radius 2 is 1.97 bits per heavy atom. The van der Waals surface area contributed by atoms with Gasteiger partial charge in [0.25, 0.3) is 0 Å². The number of carbonyl (C=O) groups excluding carboxylic acids is 1. The first-order chi connectivity index (χ1) is 15.1. The number of anilines is 1. The molecule has 156 valence electrons. The summed E-state index contributed by atoms with van der Waals surface area (Å²) in [7, 11) is 3.78. The van der Waals surface area contributed by atoms with Crippen LogP contribution in [0, 0.1) is 0 Å². The van der Waals surface area contributed by atoms with Crippen LogP contribution in [0.5, 0.6) is 0 Å². The van der Waals surface area contributed by atoms with E-state index in [-0.39, 0.29) is 12.3 Å². The van der Waals surface area contributed by atoms with E-state index in [1.54, 1.807) is 4.68 Å². The Bertz CT molecular complexity index is 1280. The average molecular weight is 412 g/mol. The molecule has 0 atom stereocenters. The van der Waals surface area contributed by atoms with E-state index in [1.165, 1.54) is 0 Å². The van der Waals surface area contributed by atoms with Gasteiger partial charge in [-0.25, -0.2) is 9.97 Å². The molecule has 0 amide bonds. The highest BCUT2D eigenvalue weighted by Crippen LogP contribution is 2.31. The number of ketones is 1. The van der Waals surface area contributed by atoms with Gasteiger partial charge in [-0.1, -0.05) is 24.3 Å². The predicted octanol–water partition coefficient (Wildman–Crippen LogP) is 3.16. The second-order valence-corrected chi connectivity index (χ2v) is 8.12. The highest BCUT2D eigenvalue weighted by molar-refractivity contribution is 5.86. The molecule has 0 aliphatic heterocycles. The van der Waals surface area contributed by atoms with Crippen LogP contribution < -0.4 is 4.90 Å². The van der Waals surface area contributed by atoms with Crippen LogP contribution in [0.15, 0.2) is 48.8 Å². The fourth-order valence-electron chi connectivity index (χ4n) is 4.20. The molecule has 3 heterocycles. The van der Waals surface area contributed by atoms with E-state index in [0.29, 0.717) is 12.2 Å². The fraction of sp³-hybridized carbons (Fsp3) is 0.292. The number of hydrogen-bond donors (Lipinski definition) is 0. The summed E-state index contributed by atoms with van der Waals surface area (Å²) in [6, 6.07) is 12.0. The number of hydrogen-bond acceptors (Lipinski definition) is 6. The van der Waals surface area contributed by atoms with Gasteiger partial charge >= 0.3 is 0 Å². The normalized spacial score (nSPS) is 12.8. The topological polar surface area (TPSA) is 76.8 Å².